The van der Waals surface area contributed by atoms with Gasteiger partial charge in [-0.1, -0.05) is 73.5 Å². The zero-order valence-corrected chi connectivity index (χ0v) is 29.7. The summed E-state index contributed by atoms with van der Waals surface area (Å²) in [6, 6.07) is 28.4. The Morgan fingerprint density at radius 1 is 0.667 bits per heavy atom. The van der Waals surface area contributed by atoms with Crippen molar-refractivity contribution < 1.29 is 25.8 Å². The Morgan fingerprint density at radius 2 is 1.36 bits per heavy atom. The number of rotatable bonds is 6. The number of benzene rings is 3. The first-order valence-electron chi connectivity index (χ1n) is 15.8. The predicted octanol–water partition coefficient (Wildman–Crippen LogP) is 11.1. The van der Waals surface area contributed by atoms with Gasteiger partial charge in [-0.25, -0.2) is 0 Å². The summed E-state index contributed by atoms with van der Waals surface area (Å²) in [7, 11) is 0. The summed E-state index contributed by atoms with van der Waals surface area (Å²) in [5.41, 5.74) is 13.9. The van der Waals surface area contributed by atoms with E-state index in [4.69, 9.17) is 14.7 Å². The third-order valence-corrected chi connectivity index (χ3v) is 9.37. The molecule has 0 spiro atoms. The summed E-state index contributed by atoms with van der Waals surface area (Å²) in [6.07, 6.45) is 8.73. The van der Waals surface area contributed by atoms with E-state index in [9.17, 15) is 0 Å². The fourth-order valence-corrected chi connectivity index (χ4v) is 6.35. The molecule has 0 bridgehead atoms. The molecule has 6 rings (SSSR count). The van der Waals surface area contributed by atoms with Gasteiger partial charge in [0.25, 0.3) is 0 Å². The minimum atomic E-state index is 0. The number of aryl methyl sites for hydroxylation is 5. The molecule has 0 N–H and O–H groups in total. The predicted molar refractivity (Wildman–Crippen MR) is 181 cm³/mol. The fraction of sp³-hybridized carbons (Fsp3) is 0.317. The van der Waals surface area contributed by atoms with Crippen LogP contribution in [0.2, 0.25) is 0 Å². The van der Waals surface area contributed by atoms with Gasteiger partial charge in [0.2, 0.25) is 0 Å². The molecule has 3 aromatic carbocycles. The van der Waals surface area contributed by atoms with Gasteiger partial charge < -0.3 is 14.7 Å². The van der Waals surface area contributed by atoms with Crippen LogP contribution in [-0.2, 0) is 21.1 Å². The number of pyridine rings is 2. The van der Waals surface area contributed by atoms with Gasteiger partial charge in [0.15, 0.2) is 0 Å². The van der Waals surface area contributed by atoms with Crippen LogP contribution in [-0.4, -0.2) is 9.97 Å². The van der Waals surface area contributed by atoms with Gasteiger partial charge in [-0.05, 0) is 111 Å². The van der Waals surface area contributed by atoms with Gasteiger partial charge in [-0.15, -0.1) is 41.0 Å². The van der Waals surface area contributed by atoms with Crippen LogP contribution < -0.4 is 4.74 Å². The van der Waals surface area contributed by atoms with Crippen LogP contribution in [0.15, 0.2) is 73.1 Å². The quantitative estimate of drug-likeness (QED) is 0.161. The second-order valence-corrected chi connectivity index (χ2v) is 13.5. The van der Waals surface area contributed by atoms with Crippen molar-refractivity contribution in [1.82, 2.24) is 9.97 Å². The molecule has 0 amide bonds. The van der Waals surface area contributed by atoms with Crippen molar-refractivity contribution in [2.45, 2.75) is 80.1 Å². The maximum Gasteiger partial charge on any atom is 2.00 e. The topological polar surface area (TPSA) is 35.0 Å². The molecule has 232 valence electrons. The summed E-state index contributed by atoms with van der Waals surface area (Å²) >= 11 is 0. The van der Waals surface area contributed by atoms with Crippen molar-refractivity contribution in [1.29, 1.82) is 0 Å². The molecule has 3 nitrogen and oxygen atoms in total. The van der Waals surface area contributed by atoms with Crippen LogP contribution in [0.4, 0.5) is 0 Å². The molecule has 1 aliphatic carbocycles. The van der Waals surface area contributed by atoms with Crippen LogP contribution >= 0.6 is 0 Å². The number of aromatic nitrogens is 2. The van der Waals surface area contributed by atoms with E-state index in [0.717, 1.165) is 28.1 Å². The molecular formula is C41H42N2OPt. The van der Waals surface area contributed by atoms with Gasteiger partial charge in [-0.2, -0.15) is 0 Å². The zero-order valence-electron chi connectivity index (χ0n) is 27.5. The monoisotopic (exact) mass is 773 g/mol. The van der Waals surface area contributed by atoms with Gasteiger partial charge in [-0.3, -0.25) is 0 Å². The first-order valence-corrected chi connectivity index (χ1v) is 15.8. The number of hydrogen-bond donors (Lipinski definition) is 0. The smallest absolute Gasteiger partial charge is 0.497 e. The number of nitrogens with zero attached hydrogens (tertiary/aromatic N) is 2. The molecule has 2 heterocycles. The Kier molecular flexibility index (Phi) is 9.80. The van der Waals surface area contributed by atoms with Gasteiger partial charge in [0, 0.05) is 23.9 Å². The standard InChI is InChI=1S/C41H42N2O.Pt/c1-26-11-12-37(28(3)17-26)38-23-40(43-25-30(38)5)32-9-8-10-35(20-32)44-36-21-33(31-13-15-41(6,7)16-14-31)19-34(22-36)39-18-27(2)29(4)24-42-39;/h8-12,17-19,21,23-25,31H,13-16H2,1-7H3;/q-2;+2. The van der Waals surface area contributed by atoms with E-state index in [0.29, 0.717) is 22.8 Å². The molecule has 1 saturated carbocycles. The Labute approximate surface area is 283 Å². The molecule has 0 radical (unpaired) electrons. The van der Waals surface area contributed by atoms with Gasteiger partial charge in [0.1, 0.15) is 0 Å². The van der Waals surface area contributed by atoms with E-state index in [1.165, 1.54) is 64.6 Å². The van der Waals surface area contributed by atoms with Crippen LogP contribution in [0.5, 0.6) is 11.5 Å². The summed E-state index contributed by atoms with van der Waals surface area (Å²) < 4.78 is 6.53. The molecule has 5 aromatic rings. The molecule has 4 heteroatoms. The normalized spacial score (nSPS) is 14.6. The molecule has 1 aliphatic rings. The summed E-state index contributed by atoms with van der Waals surface area (Å²) in [5, 5.41) is 0. The molecule has 1 fully saturated rings. The second kappa shape index (κ2) is 13.4. The van der Waals surface area contributed by atoms with E-state index >= 15 is 0 Å². The Bertz CT molecular complexity index is 1830. The first kappa shape index (κ1) is 32.8. The maximum absolute atomic E-state index is 6.53. The third kappa shape index (κ3) is 7.47. The van der Waals surface area contributed by atoms with Crippen molar-refractivity contribution >= 4 is 0 Å². The van der Waals surface area contributed by atoms with Crippen LogP contribution in [0.25, 0.3) is 33.6 Å². The third-order valence-electron chi connectivity index (χ3n) is 9.37. The van der Waals surface area contributed by atoms with E-state index in [1.54, 1.807) is 0 Å². The van der Waals surface area contributed by atoms with Crippen LogP contribution in [0.1, 0.15) is 78.8 Å². The number of ether oxygens (including phenoxy) is 1. The van der Waals surface area contributed by atoms with E-state index in [2.05, 4.69) is 103 Å². The SMILES string of the molecule is Cc1ccc(-c2cc(-c3[c-]c(Oc4[c-]c(-c5cc(C)c(C)cn5)cc(C5CCC(C)(C)CC5)c4)ccc3)ncc2C)c(C)c1.[Pt+2]. The van der Waals surface area contributed by atoms with Crippen molar-refractivity contribution in [3.8, 4) is 45.1 Å². The Balaban J connectivity index is 0.00000400. The molecular weight excluding hydrogens is 732 g/mol. The Morgan fingerprint density at radius 3 is 2.07 bits per heavy atom. The van der Waals surface area contributed by atoms with Crippen LogP contribution in [0.3, 0.4) is 0 Å². The molecule has 2 aromatic heterocycles. The van der Waals surface area contributed by atoms with Crippen molar-refractivity contribution in [3.63, 3.8) is 0 Å². The van der Waals surface area contributed by atoms with Crippen molar-refractivity contribution in [3.05, 3.63) is 119 Å². The summed E-state index contributed by atoms with van der Waals surface area (Å²) in [5.74, 6) is 1.85. The first-order chi connectivity index (χ1) is 21.0. The zero-order chi connectivity index (χ0) is 31.0. The van der Waals surface area contributed by atoms with Crippen molar-refractivity contribution in [2.24, 2.45) is 5.41 Å². The van der Waals surface area contributed by atoms with E-state index < -0.39 is 0 Å². The fourth-order valence-electron chi connectivity index (χ4n) is 6.35. The molecule has 0 unspecified atom stereocenters. The molecule has 0 aliphatic heterocycles. The summed E-state index contributed by atoms with van der Waals surface area (Å²) in [4.78, 5) is 9.55. The average molecular weight is 774 g/mol. The molecule has 45 heavy (non-hydrogen) atoms. The van der Waals surface area contributed by atoms with E-state index in [1.807, 2.05) is 30.6 Å². The molecule has 0 saturated heterocycles. The second-order valence-electron chi connectivity index (χ2n) is 13.5. The minimum Gasteiger partial charge on any atom is -0.497 e. The van der Waals surface area contributed by atoms with Gasteiger partial charge in [0.05, 0.1) is 0 Å². The molecule has 0 atom stereocenters. The van der Waals surface area contributed by atoms with Gasteiger partial charge >= 0.3 is 21.1 Å². The largest absolute Gasteiger partial charge is 2.00 e. The minimum absolute atomic E-state index is 0. The van der Waals surface area contributed by atoms with Crippen LogP contribution in [0, 0.1) is 52.2 Å². The number of hydrogen-bond acceptors (Lipinski definition) is 3. The van der Waals surface area contributed by atoms with E-state index in [-0.39, 0.29) is 21.1 Å². The average Bonchev–Trinajstić information content (AvgIpc) is 2.99. The maximum atomic E-state index is 6.53. The Hall–Kier alpha value is -3.55. The van der Waals surface area contributed by atoms with Crippen molar-refractivity contribution in [2.75, 3.05) is 0 Å². The summed E-state index contributed by atoms with van der Waals surface area (Å²) in [6.45, 7) is 15.4.